The number of carbonyl (C=O) groups excluding carboxylic acids is 1. The van der Waals surface area contributed by atoms with E-state index >= 15 is 0 Å². The van der Waals surface area contributed by atoms with Gasteiger partial charge in [0.25, 0.3) is 0 Å². The lowest BCUT2D eigenvalue weighted by Crippen LogP contribution is -2.35. The molecule has 5 nitrogen and oxygen atoms in total. The molecule has 0 rings (SSSR count). The summed E-state index contributed by atoms with van der Waals surface area (Å²) in [7, 11) is 1.55. The van der Waals surface area contributed by atoms with Gasteiger partial charge in [0.05, 0.1) is 19.3 Å². The molecule has 0 saturated carbocycles. The Balaban J connectivity index is 3.26. The third kappa shape index (κ3) is 9.65. The number of hydrogen-bond donors (Lipinski definition) is 3. The average molecular weight is 218 g/mol. The number of nitrogens with one attached hydrogen (secondary N) is 2. The first-order valence-electron chi connectivity index (χ1n) is 5.35. The van der Waals surface area contributed by atoms with Gasteiger partial charge >= 0.3 is 0 Å². The molecular weight excluding hydrogens is 196 g/mol. The van der Waals surface area contributed by atoms with Crippen LogP contribution in [0.1, 0.15) is 19.8 Å². The summed E-state index contributed by atoms with van der Waals surface area (Å²) in [5, 5.41) is 15.0. The molecule has 5 heteroatoms. The number of aliphatic hydroxyl groups is 1. The van der Waals surface area contributed by atoms with Crippen molar-refractivity contribution in [1.29, 1.82) is 0 Å². The van der Waals surface area contributed by atoms with E-state index in [0.29, 0.717) is 32.7 Å². The summed E-state index contributed by atoms with van der Waals surface area (Å²) >= 11 is 0. The number of carbonyl (C=O) groups is 1. The summed E-state index contributed by atoms with van der Waals surface area (Å²) in [4.78, 5) is 11.1. The molecule has 0 aliphatic rings. The van der Waals surface area contributed by atoms with Gasteiger partial charge in [0, 0.05) is 13.7 Å². The van der Waals surface area contributed by atoms with Gasteiger partial charge in [0.1, 0.15) is 0 Å². The zero-order valence-corrected chi connectivity index (χ0v) is 9.58. The molecule has 90 valence electrons. The van der Waals surface area contributed by atoms with E-state index < -0.39 is 6.10 Å². The predicted octanol–water partition coefficient (Wildman–Crippen LogP) is -0.500. The van der Waals surface area contributed by atoms with Crippen LogP contribution in [0.5, 0.6) is 0 Å². The first-order valence-corrected chi connectivity index (χ1v) is 5.35. The Morgan fingerprint density at radius 2 is 2.20 bits per heavy atom. The Labute approximate surface area is 91.2 Å². The van der Waals surface area contributed by atoms with Gasteiger partial charge in [0.2, 0.25) is 5.91 Å². The van der Waals surface area contributed by atoms with E-state index in [-0.39, 0.29) is 5.91 Å². The van der Waals surface area contributed by atoms with Crippen molar-refractivity contribution in [1.82, 2.24) is 10.6 Å². The first-order chi connectivity index (χ1) is 7.20. The smallest absolute Gasteiger partial charge is 0.233 e. The third-order valence-electron chi connectivity index (χ3n) is 1.87. The monoisotopic (exact) mass is 218 g/mol. The van der Waals surface area contributed by atoms with E-state index in [2.05, 4.69) is 10.6 Å². The van der Waals surface area contributed by atoms with E-state index in [1.165, 1.54) is 0 Å². The molecule has 0 fully saturated rings. The van der Waals surface area contributed by atoms with Crippen LogP contribution in [-0.2, 0) is 9.53 Å². The molecule has 0 aliphatic heterocycles. The largest absolute Gasteiger partial charge is 0.391 e. The van der Waals surface area contributed by atoms with Gasteiger partial charge in [-0.05, 0) is 19.4 Å². The quantitative estimate of drug-likeness (QED) is 0.456. The Hall–Kier alpha value is -0.650. The maximum Gasteiger partial charge on any atom is 0.233 e. The van der Waals surface area contributed by atoms with Crippen LogP contribution in [0.4, 0.5) is 0 Å². The summed E-state index contributed by atoms with van der Waals surface area (Å²) < 4.78 is 4.78. The topological polar surface area (TPSA) is 70.6 Å². The predicted molar refractivity (Wildman–Crippen MR) is 58.7 cm³/mol. The van der Waals surface area contributed by atoms with Crippen LogP contribution < -0.4 is 10.6 Å². The summed E-state index contributed by atoms with van der Waals surface area (Å²) in [6.07, 6.45) is 1.08. The summed E-state index contributed by atoms with van der Waals surface area (Å²) in [6.45, 7) is 3.98. The van der Waals surface area contributed by atoms with Crippen LogP contribution in [-0.4, -0.2) is 50.5 Å². The van der Waals surface area contributed by atoms with Crippen molar-refractivity contribution in [3.63, 3.8) is 0 Å². The Bertz CT molecular complexity index is 165. The molecule has 1 unspecified atom stereocenters. The minimum Gasteiger partial charge on any atom is -0.391 e. The number of aliphatic hydroxyl groups excluding tert-OH is 1. The molecule has 15 heavy (non-hydrogen) atoms. The molecule has 0 radical (unpaired) electrons. The highest BCUT2D eigenvalue weighted by Gasteiger charge is 2.03. The summed E-state index contributed by atoms with van der Waals surface area (Å²) in [6, 6.07) is 0. The van der Waals surface area contributed by atoms with E-state index in [0.717, 1.165) is 6.42 Å². The lowest BCUT2D eigenvalue weighted by molar-refractivity contribution is -0.120. The highest BCUT2D eigenvalue weighted by Crippen LogP contribution is 1.89. The minimum atomic E-state index is -0.457. The van der Waals surface area contributed by atoms with Gasteiger partial charge in [-0.15, -0.1) is 0 Å². The average Bonchev–Trinajstić information content (AvgIpc) is 2.22. The van der Waals surface area contributed by atoms with Crippen molar-refractivity contribution in [2.24, 2.45) is 0 Å². The standard InChI is InChI=1S/C10H22N2O3/c1-3-5-12-10(14)7-11-6-4-9(13)8-15-2/h9,11,13H,3-8H2,1-2H3,(H,12,14). The van der Waals surface area contributed by atoms with Crippen LogP contribution in [0, 0.1) is 0 Å². The zero-order chi connectivity index (χ0) is 11.5. The molecule has 0 saturated heterocycles. The highest BCUT2D eigenvalue weighted by molar-refractivity contribution is 5.77. The fourth-order valence-corrected chi connectivity index (χ4v) is 1.07. The lowest BCUT2D eigenvalue weighted by Gasteiger charge is -2.09. The molecule has 0 bridgehead atoms. The second-order valence-corrected chi connectivity index (χ2v) is 3.42. The van der Waals surface area contributed by atoms with Crippen molar-refractivity contribution in [3.05, 3.63) is 0 Å². The second kappa shape index (κ2) is 9.89. The zero-order valence-electron chi connectivity index (χ0n) is 9.58. The maximum atomic E-state index is 11.1. The maximum absolute atomic E-state index is 11.1. The number of hydrogen-bond acceptors (Lipinski definition) is 4. The van der Waals surface area contributed by atoms with E-state index in [1.807, 2.05) is 6.92 Å². The fourth-order valence-electron chi connectivity index (χ4n) is 1.07. The summed E-state index contributed by atoms with van der Waals surface area (Å²) in [5.41, 5.74) is 0. The molecule has 1 amide bonds. The van der Waals surface area contributed by atoms with Gasteiger partial charge in [-0.3, -0.25) is 4.79 Å². The number of amides is 1. The Kier molecular flexibility index (Phi) is 9.46. The highest BCUT2D eigenvalue weighted by atomic mass is 16.5. The first kappa shape index (κ1) is 14.3. The Morgan fingerprint density at radius 1 is 1.47 bits per heavy atom. The second-order valence-electron chi connectivity index (χ2n) is 3.42. The van der Waals surface area contributed by atoms with E-state index in [9.17, 15) is 9.90 Å². The molecule has 0 spiro atoms. The van der Waals surface area contributed by atoms with Crippen molar-refractivity contribution >= 4 is 5.91 Å². The van der Waals surface area contributed by atoms with Gasteiger partial charge in [0.15, 0.2) is 0 Å². The van der Waals surface area contributed by atoms with Crippen molar-refractivity contribution in [3.8, 4) is 0 Å². The van der Waals surface area contributed by atoms with Gasteiger partial charge in [-0.2, -0.15) is 0 Å². The number of ether oxygens (including phenoxy) is 1. The fraction of sp³-hybridized carbons (Fsp3) is 0.900. The SMILES string of the molecule is CCCNC(=O)CNCCC(O)COC. The molecule has 0 aromatic heterocycles. The van der Waals surface area contributed by atoms with Crippen LogP contribution in [0.2, 0.25) is 0 Å². The molecule has 0 aromatic rings. The van der Waals surface area contributed by atoms with Crippen LogP contribution in [0.15, 0.2) is 0 Å². The van der Waals surface area contributed by atoms with Crippen LogP contribution in [0.25, 0.3) is 0 Å². The minimum absolute atomic E-state index is 0.00178. The van der Waals surface area contributed by atoms with Crippen molar-refractivity contribution < 1.29 is 14.6 Å². The van der Waals surface area contributed by atoms with Crippen LogP contribution in [0.3, 0.4) is 0 Å². The molecular formula is C10H22N2O3. The van der Waals surface area contributed by atoms with E-state index in [4.69, 9.17) is 4.74 Å². The van der Waals surface area contributed by atoms with E-state index in [1.54, 1.807) is 7.11 Å². The van der Waals surface area contributed by atoms with Crippen molar-refractivity contribution in [2.45, 2.75) is 25.9 Å². The summed E-state index contributed by atoms with van der Waals surface area (Å²) in [5.74, 6) is -0.00178. The molecule has 0 heterocycles. The van der Waals surface area contributed by atoms with Crippen LogP contribution >= 0.6 is 0 Å². The molecule has 0 aromatic carbocycles. The normalized spacial score (nSPS) is 12.5. The lowest BCUT2D eigenvalue weighted by atomic mass is 10.2. The van der Waals surface area contributed by atoms with Gasteiger partial charge in [-0.1, -0.05) is 6.92 Å². The molecule has 0 aliphatic carbocycles. The van der Waals surface area contributed by atoms with Gasteiger partial charge < -0.3 is 20.5 Å². The third-order valence-corrected chi connectivity index (χ3v) is 1.87. The number of methoxy groups -OCH3 is 1. The van der Waals surface area contributed by atoms with Crippen molar-refractivity contribution in [2.75, 3.05) is 33.4 Å². The molecule has 1 atom stereocenters. The Morgan fingerprint density at radius 3 is 2.80 bits per heavy atom. The number of rotatable bonds is 9. The molecule has 3 N–H and O–H groups in total. The van der Waals surface area contributed by atoms with Gasteiger partial charge in [-0.25, -0.2) is 0 Å².